The monoisotopic (exact) mass is 357 g/mol. The average molecular weight is 358 g/mol. The summed E-state index contributed by atoms with van der Waals surface area (Å²) in [5.74, 6) is 0.380. The van der Waals surface area contributed by atoms with E-state index in [0.29, 0.717) is 15.9 Å². The molecule has 0 spiro atoms. The highest BCUT2D eigenvalue weighted by atomic mass is 35.5. The van der Waals surface area contributed by atoms with Crippen LogP contribution in [0.1, 0.15) is 21.5 Å². The fraction of sp³-hybridized carbons (Fsp3) is 0.167. The largest absolute Gasteiger partial charge is 0.293 e. The minimum absolute atomic E-state index is 0.0729. The number of nitrogens with zero attached hydrogens (tertiary/aromatic N) is 3. The van der Waals surface area contributed by atoms with Gasteiger partial charge in [0.15, 0.2) is 10.9 Å². The van der Waals surface area contributed by atoms with Gasteiger partial charge < -0.3 is 0 Å². The van der Waals surface area contributed by atoms with Crippen molar-refractivity contribution in [2.45, 2.75) is 19.0 Å². The topological polar surface area (TPSA) is 47.8 Å². The number of benzene rings is 2. The van der Waals surface area contributed by atoms with Gasteiger partial charge in [-0.3, -0.25) is 9.36 Å². The van der Waals surface area contributed by atoms with E-state index in [2.05, 4.69) is 10.2 Å². The summed E-state index contributed by atoms with van der Waals surface area (Å²) in [6.45, 7) is 4.04. The van der Waals surface area contributed by atoms with Crippen LogP contribution in [0.15, 0.2) is 53.9 Å². The summed E-state index contributed by atoms with van der Waals surface area (Å²) in [5, 5.41) is 9.35. The Balaban J connectivity index is 1.75. The van der Waals surface area contributed by atoms with E-state index in [1.807, 2.05) is 60.9 Å². The number of aryl methyl sites for hydroxylation is 2. The van der Waals surface area contributed by atoms with Crippen LogP contribution in [0.3, 0.4) is 0 Å². The molecule has 2 aromatic carbocycles. The van der Waals surface area contributed by atoms with Crippen molar-refractivity contribution < 1.29 is 4.79 Å². The maximum absolute atomic E-state index is 12.4. The van der Waals surface area contributed by atoms with E-state index < -0.39 is 0 Å². The van der Waals surface area contributed by atoms with Crippen molar-refractivity contribution in [3.05, 3.63) is 70.5 Å². The molecule has 122 valence electrons. The van der Waals surface area contributed by atoms with Crippen LogP contribution in [0.2, 0.25) is 5.02 Å². The van der Waals surface area contributed by atoms with Crippen molar-refractivity contribution >= 4 is 29.1 Å². The molecule has 1 aromatic heterocycles. The second-order valence-electron chi connectivity index (χ2n) is 5.47. The number of Topliss-reactive ketones (excluding diaryl/α,β-unsaturated/α-hetero) is 1. The molecular formula is C18H16ClN3OS. The smallest absolute Gasteiger partial charge is 0.196 e. The maximum atomic E-state index is 12.4. The number of halogens is 1. The van der Waals surface area contributed by atoms with Crippen molar-refractivity contribution in [1.82, 2.24) is 14.8 Å². The van der Waals surface area contributed by atoms with Crippen molar-refractivity contribution in [2.75, 3.05) is 5.75 Å². The highest BCUT2D eigenvalue weighted by Gasteiger charge is 2.12. The standard InChI is InChI=1S/C18H16ClN3OS/c1-12-6-7-14(8-13(12)2)17(23)10-24-18-21-20-11-22(18)16-5-3-4-15(19)9-16/h3-9,11H,10H2,1-2H3. The Morgan fingerprint density at radius 2 is 2.00 bits per heavy atom. The zero-order chi connectivity index (χ0) is 17.1. The molecule has 0 aliphatic carbocycles. The molecule has 0 unspecified atom stereocenters. The summed E-state index contributed by atoms with van der Waals surface area (Å²) >= 11 is 7.40. The molecule has 0 radical (unpaired) electrons. The Labute approximate surface area is 149 Å². The third kappa shape index (κ3) is 3.68. The Morgan fingerprint density at radius 1 is 1.17 bits per heavy atom. The van der Waals surface area contributed by atoms with Crippen LogP contribution < -0.4 is 0 Å². The lowest BCUT2D eigenvalue weighted by atomic mass is 10.0. The average Bonchev–Trinajstić information content (AvgIpc) is 3.03. The number of aromatic nitrogens is 3. The molecule has 6 heteroatoms. The molecule has 0 amide bonds. The lowest BCUT2D eigenvalue weighted by molar-refractivity contribution is 0.102. The molecule has 0 atom stereocenters. The van der Waals surface area contributed by atoms with Gasteiger partial charge in [0.05, 0.1) is 11.4 Å². The number of carbonyl (C=O) groups is 1. The number of rotatable bonds is 5. The Bertz CT molecular complexity index is 891. The van der Waals surface area contributed by atoms with Gasteiger partial charge in [0, 0.05) is 10.6 Å². The maximum Gasteiger partial charge on any atom is 0.196 e. The minimum Gasteiger partial charge on any atom is -0.293 e. The Hall–Kier alpha value is -2.11. The van der Waals surface area contributed by atoms with E-state index in [0.717, 1.165) is 16.8 Å². The molecule has 0 aliphatic rings. The van der Waals surface area contributed by atoms with Gasteiger partial charge in [-0.25, -0.2) is 0 Å². The van der Waals surface area contributed by atoms with Gasteiger partial charge in [0.25, 0.3) is 0 Å². The van der Waals surface area contributed by atoms with Gasteiger partial charge in [-0.05, 0) is 49.2 Å². The van der Waals surface area contributed by atoms with Crippen LogP contribution in [0.4, 0.5) is 0 Å². The van der Waals surface area contributed by atoms with Gasteiger partial charge in [-0.2, -0.15) is 0 Å². The Kier molecular flexibility index (Phi) is 5.02. The highest BCUT2D eigenvalue weighted by Crippen LogP contribution is 2.22. The van der Waals surface area contributed by atoms with E-state index in [1.165, 1.54) is 17.3 Å². The van der Waals surface area contributed by atoms with Crippen LogP contribution in [0.25, 0.3) is 5.69 Å². The quantitative estimate of drug-likeness (QED) is 0.498. The number of carbonyl (C=O) groups excluding carboxylic acids is 1. The van der Waals surface area contributed by atoms with Crippen molar-refractivity contribution in [3.8, 4) is 5.69 Å². The zero-order valence-corrected chi connectivity index (χ0v) is 14.9. The van der Waals surface area contributed by atoms with E-state index in [4.69, 9.17) is 11.6 Å². The van der Waals surface area contributed by atoms with Crippen LogP contribution in [0.5, 0.6) is 0 Å². The molecular weight excluding hydrogens is 342 g/mol. The van der Waals surface area contributed by atoms with Gasteiger partial charge in [0.2, 0.25) is 0 Å². The van der Waals surface area contributed by atoms with Gasteiger partial charge in [-0.1, -0.05) is 41.6 Å². The molecule has 0 aliphatic heterocycles. The van der Waals surface area contributed by atoms with Gasteiger partial charge in [0.1, 0.15) is 6.33 Å². The molecule has 0 fully saturated rings. The van der Waals surface area contributed by atoms with E-state index in [9.17, 15) is 4.79 Å². The van der Waals surface area contributed by atoms with Crippen molar-refractivity contribution in [3.63, 3.8) is 0 Å². The SMILES string of the molecule is Cc1ccc(C(=O)CSc2nncn2-c2cccc(Cl)c2)cc1C. The van der Waals surface area contributed by atoms with E-state index in [-0.39, 0.29) is 5.78 Å². The highest BCUT2D eigenvalue weighted by molar-refractivity contribution is 7.99. The van der Waals surface area contributed by atoms with Gasteiger partial charge >= 0.3 is 0 Å². The van der Waals surface area contributed by atoms with Crippen LogP contribution >= 0.6 is 23.4 Å². The molecule has 3 rings (SSSR count). The molecule has 3 aromatic rings. The number of thioether (sulfide) groups is 1. The number of hydrogen-bond donors (Lipinski definition) is 0. The molecule has 1 heterocycles. The first kappa shape index (κ1) is 16.7. The normalized spacial score (nSPS) is 10.8. The number of hydrogen-bond acceptors (Lipinski definition) is 4. The summed E-state index contributed by atoms with van der Waals surface area (Å²) in [4.78, 5) is 12.4. The molecule has 0 saturated heterocycles. The summed E-state index contributed by atoms with van der Waals surface area (Å²) in [6, 6.07) is 13.2. The summed E-state index contributed by atoms with van der Waals surface area (Å²) in [7, 11) is 0. The fourth-order valence-electron chi connectivity index (χ4n) is 2.25. The first-order valence-electron chi connectivity index (χ1n) is 7.44. The first-order valence-corrected chi connectivity index (χ1v) is 8.80. The third-order valence-electron chi connectivity index (χ3n) is 3.76. The molecule has 0 N–H and O–H groups in total. The zero-order valence-electron chi connectivity index (χ0n) is 13.4. The molecule has 4 nitrogen and oxygen atoms in total. The van der Waals surface area contributed by atoms with E-state index >= 15 is 0 Å². The van der Waals surface area contributed by atoms with E-state index in [1.54, 1.807) is 6.33 Å². The lowest BCUT2D eigenvalue weighted by Gasteiger charge is -2.07. The second kappa shape index (κ2) is 7.20. The van der Waals surface area contributed by atoms with Crippen LogP contribution in [0, 0.1) is 13.8 Å². The molecule has 24 heavy (non-hydrogen) atoms. The van der Waals surface area contributed by atoms with Crippen molar-refractivity contribution in [1.29, 1.82) is 0 Å². The van der Waals surface area contributed by atoms with Gasteiger partial charge in [-0.15, -0.1) is 10.2 Å². The van der Waals surface area contributed by atoms with Crippen LogP contribution in [-0.2, 0) is 0 Å². The first-order chi connectivity index (χ1) is 11.5. The third-order valence-corrected chi connectivity index (χ3v) is 4.94. The summed E-state index contributed by atoms with van der Waals surface area (Å²) in [6.07, 6.45) is 1.62. The summed E-state index contributed by atoms with van der Waals surface area (Å²) in [5.41, 5.74) is 3.89. The molecule has 0 bridgehead atoms. The molecule has 0 saturated carbocycles. The summed E-state index contributed by atoms with van der Waals surface area (Å²) < 4.78 is 1.82. The Morgan fingerprint density at radius 3 is 2.75 bits per heavy atom. The minimum atomic E-state index is 0.0729. The van der Waals surface area contributed by atoms with Crippen molar-refractivity contribution in [2.24, 2.45) is 0 Å². The predicted octanol–water partition coefficient (Wildman–Crippen LogP) is 4.51. The number of ketones is 1. The van der Waals surface area contributed by atoms with Crippen LogP contribution in [-0.4, -0.2) is 26.3 Å². The lowest BCUT2D eigenvalue weighted by Crippen LogP contribution is -2.05. The second-order valence-corrected chi connectivity index (χ2v) is 6.85. The predicted molar refractivity (Wildman–Crippen MR) is 97.3 cm³/mol. The fourth-order valence-corrected chi connectivity index (χ4v) is 3.26.